The maximum atomic E-state index is 10.3. The predicted octanol–water partition coefficient (Wildman–Crippen LogP) is 6.42. The monoisotopic (exact) mass is 552 g/mol. The van der Waals surface area contributed by atoms with Gasteiger partial charge >= 0.3 is 0 Å². The molecule has 0 atom stereocenters. The number of phenolic OH excluding ortho intramolecular Hbond substituents is 1. The van der Waals surface area contributed by atoms with Gasteiger partial charge in [-0.25, -0.2) is 14.7 Å². The van der Waals surface area contributed by atoms with Gasteiger partial charge in [-0.15, -0.1) is 0 Å². The molecule has 0 saturated carbocycles. The molecular weight excluding hydrogens is 536 g/mol. The van der Waals surface area contributed by atoms with Gasteiger partial charge in [0, 0.05) is 21.8 Å². The van der Waals surface area contributed by atoms with E-state index in [0.29, 0.717) is 16.0 Å². The van der Waals surface area contributed by atoms with E-state index in [4.69, 9.17) is 4.74 Å². The number of nitrogens with zero attached hydrogens (tertiary/aromatic N) is 4. The Kier molecular flexibility index (Phi) is 6.82. The number of hydrogen-bond acceptors (Lipinski definition) is 5. The molecule has 4 rings (SSSR count). The van der Waals surface area contributed by atoms with E-state index in [2.05, 4.69) is 46.9 Å². The summed E-state index contributed by atoms with van der Waals surface area (Å²) in [7, 11) is 1.63. The summed E-state index contributed by atoms with van der Waals surface area (Å²) >= 11 is 6.77. The van der Waals surface area contributed by atoms with Gasteiger partial charge in [0.25, 0.3) is 5.95 Å². The molecule has 0 radical (unpaired) electrons. The van der Waals surface area contributed by atoms with Crippen LogP contribution in [0, 0.1) is 0 Å². The van der Waals surface area contributed by atoms with E-state index in [1.54, 1.807) is 36.3 Å². The minimum atomic E-state index is 0.0973. The van der Waals surface area contributed by atoms with Crippen molar-refractivity contribution in [3.8, 4) is 22.8 Å². The van der Waals surface area contributed by atoms with Crippen molar-refractivity contribution in [2.24, 2.45) is 10.1 Å². The number of benzene rings is 3. The minimum absolute atomic E-state index is 0.0973. The van der Waals surface area contributed by atoms with Crippen LogP contribution in [0.5, 0.6) is 11.5 Å². The van der Waals surface area contributed by atoms with Crippen molar-refractivity contribution in [1.82, 2.24) is 9.66 Å². The Balaban J connectivity index is 1.71. The van der Waals surface area contributed by atoms with Crippen molar-refractivity contribution < 1.29 is 9.84 Å². The second-order valence-electron chi connectivity index (χ2n) is 6.74. The van der Waals surface area contributed by atoms with Gasteiger partial charge in [-0.1, -0.05) is 46.3 Å². The highest BCUT2D eigenvalue weighted by Gasteiger charge is 2.10. The number of rotatable bonds is 6. The van der Waals surface area contributed by atoms with Gasteiger partial charge in [0.15, 0.2) is 0 Å². The molecule has 0 saturated heterocycles. The number of methoxy groups -OCH3 is 1. The molecule has 1 heterocycles. The highest BCUT2D eigenvalue weighted by Crippen LogP contribution is 2.31. The van der Waals surface area contributed by atoms with Crippen molar-refractivity contribution in [2.75, 3.05) is 7.11 Å². The number of imidazole rings is 1. The van der Waals surface area contributed by atoms with E-state index in [1.165, 1.54) is 0 Å². The van der Waals surface area contributed by atoms with E-state index in [-0.39, 0.29) is 5.75 Å². The number of hydrogen-bond donors (Lipinski definition) is 1. The van der Waals surface area contributed by atoms with Crippen LogP contribution < -0.4 is 4.74 Å². The number of aliphatic imine (C=N–C) groups is 1. The molecule has 1 aromatic heterocycles. The SMILES string of the molecule is COc1ccc(/C=N/n2cc(-c3ccccc3)nc2/N=C/c2cc(Br)cc(Br)c2O)cc1. The minimum Gasteiger partial charge on any atom is -0.506 e. The maximum Gasteiger partial charge on any atom is 0.251 e. The number of ether oxygens (including phenoxy) is 1. The van der Waals surface area contributed by atoms with Crippen LogP contribution in [0.3, 0.4) is 0 Å². The molecule has 0 aliphatic carbocycles. The third-order valence-corrected chi connectivity index (χ3v) is 5.63. The lowest BCUT2D eigenvalue weighted by Gasteiger charge is -2.03. The smallest absolute Gasteiger partial charge is 0.251 e. The molecule has 6 nitrogen and oxygen atoms in total. The molecule has 1 N–H and O–H groups in total. The van der Waals surface area contributed by atoms with E-state index >= 15 is 0 Å². The predicted molar refractivity (Wildman–Crippen MR) is 134 cm³/mol. The fraction of sp³-hybridized carbons (Fsp3) is 0.0417. The average Bonchev–Trinajstić information content (AvgIpc) is 3.23. The Bertz CT molecular complexity index is 1280. The summed E-state index contributed by atoms with van der Waals surface area (Å²) in [4.78, 5) is 9.13. The summed E-state index contributed by atoms with van der Waals surface area (Å²) in [5.41, 5.74) is 3.14. The second kappa shape index (κ2) is 9.93. The van der Waals surface area contributed by atoms with Crippen LogP contribution >= 0.6 is 31.9 Å². The van der Waals surface area contributed by atoms with Crippen LogP contribution in [0.4, 0.5) is 5.95 Å². The highest BCUT2D eigenvalue weighted by atomic mass is 79.9. The second-order valence-corrected chi connectivity index (χ2v) is 8.51. The maximum absolute atomic E-state index is 10.3. The Morgan fingerprint density at radius 2 is 1.75 bits per heavy atom. The van der Waals surface area contributed by atoms with Crippen LogP contribution in [0.2, 0.25) is 0 Å². The Hall–Kier alpha value is -3.23. The summed E-state index contributed by atoms with van der Waals surface area (Å²) in [6, 6.07) is 20.9. The Morgan fingerprint density at radius 1 is 1.00 bits per heavy atom. The lowest BCUT2D eigenvalue weighted by Crippen LogP contribution is -1.91. The molecule has 8 heteroatoms. The zero-order valence-electron chi connectivity index (χ0n) is 17.0. The standard InChI is InChI=1S/C24H18Br2N4O2/c1-32-20-9-7-16(8-10-20)13-28-30-15-22(17-5-3-2-4-6-17)29-24(30)27-14-18-11-19(25)12-21(26)23(18)31/h2-15,31H,1H3/b27-14+,28-13+. The van der Waals surface area contributed by atoms with Crippen LogP contribution in [0.25, 0.3) is 11.3 Å². The van der Waals surface area contributed by atoms with Gasteiger partial charge in [0.05, 0.1) is 29.7 Å². The average molecular weight is 554 g/mol. The van der Waals surface area contributed by atoms with Gasteiger partial charge in [-0.05, 0) is 57.9 Å². The zero-order chi connectivity index (χ0) is 22.5. The van der Waals surface area contributed by atoms with Crippen molar-refractivity contribution in [2.45, 2.75) is 0 Å². The van der Waals surface area contributed by atoms with Gasteiger partial charge in [0.2, 0.25) is 0 Å². The van der Waals surface area contributed by atoms with E-state index < -0.39 is 0 Å². The van der Waals surface area contributed by atoms with Crippen molar-refractivity contribution in [3.05, 3.63) is 93.0 Å². The summed E-state index contributed by atoms with van der Waals surface area (Å²) in [6.45, 7) is 0. The Labute approximate surface area is 202 Å². The topological polar surface area (TPSA) is 72.0 Å². The first-order valence-electron chi connectivity index (χ1n) is 9.59. The van der Waals surface area contributed by atoms with Crippen molar-refractivity contribution >= 4 is 50.2 Å². The van der Waals surface area contributed by atoms with Crippen LogP contribution in [0.1, 0.15) is 11.1 Å². The molecule has 0 aliphatic rings. The van der Waals surface area contributed by atoms with Crippen molar-refractivity contribution in [3.63, 3.8) is 0 Å². The largest absolute Gasteiger partial charge is 0.506 e. The summed E-state index contributed by atoms with van der Waals surface area (Å²) in [5.74, 6) is 1.26. The number of halogens is 2. The van der Waals surface area contributed by atoms with Gasteiger partial charge in [0.1, 0.15) is 11.5 Å². The van der Waals surface area contributed by atoms with Gasteiger partial charge in [-0.3, -0.25) is 0 Å². The van der Waals surface area contributed by atoms with Crippen LogP contribution in [-0.2, 0) is 0 Å². The molecular formula is C24H18Br2N4O2. The van der Waals surface area contributed by atoms with Crippen LogP contribution in [-0.4, -0.2) is 34.3 Å². The quantitative estimate of drug-likeness (QED) is 0.280. The first-order chi connectivity index (χ1) is 15.5. The van der Waals surface area contributed by atoms with Crippen LogP contribution in [0.15, 0.2) is 92.0 Å². The molecule has 0 unspecified atom stereocenters. The third kappa shape index (κ3) is 5.15. The van der Waals surface area contributed by atoms with E-state index in [1.807, 2.05) is 60.8 Å². The number of aromatic nitrogens is 2. The molecule has 0 spiro atoms. The van der Waals surface area contributed by atoms with E-state index in [0.717, 1.165) is 27.0 Å². The number of phenols is 1. The summed E-state index contributed by atoms with van der Waals surface area (Å²) < 4.78 is 8.19. The molecule has 3 aromatic carbocycles. The summed E-state index contributed by atoms with van der Waals surface area (Å²) in [6.07, 6.45) is 5.10. The van der Waals surface area contributed by atoms with Gasteiger partial charge < -0.3 is 9.84 Å². The lowest BCUT2D eigenvalue weighted by molar-refractivity contribution is 0.415. The first kappa shape index (κ1) is 22.0. The molecule has 0 aliphatic heterocycles. The fourth-order valence-electron chi connectivity index (χ4n) is 2.91. The fourth-order valence-corrected chi connectivity index (χ4v) is 4.17. The molecule has 4 aromatic rings. The van der Waals surface area contributed by atoms with Gasteiger partial charge in [-0.2, -0.15) is 5.10 Å². The van der Waals surface area contributed by atoms with Crippen molar-refractivity contribution in [1.29, 1.82) is 0 Å². The molecule has 0 bridgehead atoms. The normalized spacial score (nSPS) is 11.5. The highest BCUT2D eigenvalue weighted by molar-refractivity contribution is 9.11. The molecule has 0 fully saturated rings. The first-order valence-corrected chi connectivity index (χ1v) is 11.2. The molecule has 160 valence electrons. The Morgan fingerprint density at radius 3 is 2.47 bits per heavy atom. The molecule has 0 amide bonds. The van der Waals surface area contributed by atoms with E-state index in [9.17, 15) is 5.11 Å². The zero-order valence-corrected chi connectivity index (χ0v) is 20.2. The third-order valence-electron chi connectivity index (χ3n) is 4.56. The number of aromatic hydroxyl groups is 1. The lowest BCUT2D eigenvalue weighted by atomic mass is 10.2. The summed E-state index contributed by atoms with van der Waals surface area (Å²) in [5, 5.41) is 14.9. The molecule has 32 heavy (non-hydrogen) atoms.